The summed E-state index contributed by atoms with van der Waals surface area (Å²) in [5, 5.41) is 22.8. The molecule has 19 nitrogen and oxygen atoms in total. The average molecular weight is 976 g/mol. The largest absolute Gasteiger partial charge is 0.388 e. The highest BCUT2D eigenvalue weighted by Gasteiger charge is 2.29. The Morgan fingerprint density at radius 2 is 1.30 bits per heavy atom. The molecule has 0 saturated carbocycles. The minimum atomic E-state index is -3.34. The van der Waals surface area contributed by atoms with Gasteiger partial charge < -0.3 is 64.6 Å². The van der Waals surface area contributed by atoms with Gasteiger partial charge in [0.2, 0.25) is 17.7 Å². The molecule has 3 rings (SSSR count). The second-order valence-electron chi connectivity index (χ2n) is 17.2. The number of nitrogens with one attached hydrogen (secondary N) is 8. The third-order valence-electron chi connectivity index (χ3n) is 10.5. The number of urea groups is 2. The van der Waals surface area contributed by atoms with Crippen LogP contribution in [-0.2, 0) is 9.59 Å². The topological polar surface area (TPSA) is 274 Å². The fourth-order valence-electron chi connectivity index (χ4n) is 7.16. The van der Waals surface area contributed by atoms with E-state index in [1.54, 1.807) is 13.8 Å². The number of amides is 6. The molecule has 1 atom stereocenters. The molecule has 2 aliphatic heterocycles. The Bertz CT molecular complexity index is 2030. The molecule has 1 aromatic rings. The number of guanidine groups is 1. The zero-order chi connectivity index (χ0) is 51.0. The first-order chi connectivity index (χ1) is 32.6. The van der Waals surface area contributed by atoms with Crippen molar-refractivity contribution in [3.8, 4) is 0 Å². The van der Waals surface area contributed by atoms with E-state index in [9.17, 15) is 28.0 Å². The molecule has 0 radical (unpaired) electrons. The number of hydrogen-bond donors (Lipinski definition) is 11. The van der Waals surface area contributed by atoms with Gasteiger partial charge in [-0.15, -0.1) is 0 Å². The number of allylic oxidation sites excluding steroid dienone is 4. The number of piperazine rings is 2. The Hall–Kier alpha value is -6.20. The zero-order valence-electron chi connectivity index (χ0n) is 40.5. The first kappa shape index (κ1) is 57.1. The van der Waals surface area contributed by atoms with Crippen molar-refractivity contribution in [2.24, 2.45) is 27.2 Å². The summed E-state index contributed by atoms with van der Waals surface area (Å²) in [6, 6.07) is 3.65. The Morgan fingerprint density at radius 1 is 0.768 bits per heavy atom. The molecule has 0 aromatic heterocycles. The molecule has 384 valence electrons. The van der Waals surface area contributed by atoms with Gasteiger partial charge in [-0.05, 0) is 83.7 Å². The smallest absolute Gasteiger partial charge is 0.323 e. The summed E-state index contributed by atoms with van der Waals surface area (Å²) in [5.41, 5.74) is 17.6. The number of unbranched alkanes of at least 4 members (excludes halogenated alkanes) is 2. The number of nitrogens with two attached hydrogens (primary N) is 3. The van der Waals surface area contributed by atoms with Crippen LogP contribution < -0.4 is 59.7 Å². The van der Waals surface area contributed by atoms with Gasteiger partial charge >= 0.3 is 12.1 Å². The van der Waals surface area contributed by atoms with Gasteiger partial charge in [-0.25, -0.2) is 27.2 Å². The van der Waals surface area contributed by atoms with E-state index in [0.29, 0.717) is 114 Å². The maximum atomic E-state index is 15.1. The summed E-state index contributed by atoms with van der Waals surface area (Å²) in [5.74, 6) is -6.65. The SMILES string of the molecule is CC(N)=NCCCCC(=O)N/C(C)=C(/C(=C\CC(C)(F)F)NC(=O)Nc1ccc(NC(=O)NC(C)/C=C(\C=C(/CN2CCNCC2)NC(=O)CCCCN=C(N)N)C(C)(F)F)cc1)N1CCNCC1. The lowest BCUT2D eigenvalue weighted by atomic mass is 10.1. The normalized spacial score (nSPS) is 16.4. The molecule has 0 spiro atoms. The third-order valence-corrected chi connectivity index (χ3v) is 10.5. The molecule has 0 bridgehead atoms. The van der Waals surface area contributed by atoms with Crippen molar-refractivity contribution in [1.29, 1.82) is 0 Å². The lowest BCUT2D eigenvalue weighted by Gasteiger charge is -2.34. The lowest BCUT2D eigenvalue weighted by Crippen LogP contribution is -2.46. The highest BCUT2D eigenvalue weighted by Crippen LogP contribution is 2.27. The summed E-state index contributed by atoms with van der Waals surface area (Å²) < 4.78 is 58.8. The van der Waals surface area contributed by atoms with E-state index in [4.69, 9.17) is 17.2 Å². The second-order valence-corrected chi connectivity index (χ2v) is 17.2. The van der Waals surface area contributed by atoms with Crippen LogP contribution in [0.1, 0.15) is 79.6 Å². The maximum absolute atomic E-state index is 15.1. The van der Waals surface area contributed by atoms with E-state index in [1.165, 1.54) is 49.4 Å². The van der Waals surface area contributed by atoms with Crippen LogP contribution in [0.25, 0.3) is 0 Å². The maximum Gasteiger partial charge on any atom is 0.323 e. The molecule has 69 heavy (non-hydrogen) atoms. The number of anilines is 2. The highest BCUT2D eigenvalue weighted by molar-refractivity contribution is 5.93. The zero-order valence-corrected chi connectivity index (χ0v) is 40.5. The van der Waals surface area contributed by atoms with Crippen LogP contribution in [0.2, 0.25) is 0 Å². The Kier molecular flexibility index (Phi) is 24.0. The quantitative estimate of drug-likeness (QED) is 0.0219. The fourth-order valence-corrected chi connectivity index (χ4v) is 7.16. The van der Waals surface area contributed by atoms with Crippen LogP contribution in [-0.4, -0.2) is 135 Å². The van der Waals surface area contributed by atoms with Gasteiger partial charge in [0.25, 0.3) is 5.92 Å². The average Bonchev–Trinajstić information content (AvgIpc) is 3.25. The minimum absolute atomic E-state index is 0.0432. The fraction of sp³-hybridized carbons (Fsp3) is 0.565. The molecule has 23 heteroatoms. The minimum Gasteiger partial charge on any atom is -0.388 e. The molecule has 1 unspecified atom stereocenters. The van der Waals surface area contributed by atoms with Crippen molar-refractivity contribution in [1.82, 2.24) is 41.7 Å². The van der Waals surface area contributed by atoms with Crippen LogP contribution in [0.5, 0.6) is 0 Å². The lowest BCUT2D eigenvalue weighted by molar-refractivity contribution is -0.121. The van der Waals surface area contributed by atoms with Crippen LogP contribution in [0.4, 0.5) is 38.5 Å². The number of aliphatic imine (C=N–C) groups is 2. The van der Waals surface area contributed by atoms with Crippen molar-refractivity contribution >= 4 is 47.0 Å². The summed E-state index contributed by atoms with van der Waals surface area (Å²) in [6.07, 6.45) is 5.57. The number of alkyl halides is 4. The Morgan fingerprint density at radius 3 is 1.84 bits per heavy atom. The summed E-state index contributed by atoms with van der Waals surface area (Å²) in [4.78, 5) is 64.4. The molecule has 1 aromatic carbocycles. The molecule has 6 amide bonds. The molecule has 2 fully saturated rings. The van der Waals surface area contributed by atoms with Gasteiger partial charge in [0, 0.05) is 133 Å². The first-order valence-electron chi connectivity index (χ1n) is 23.2. The molecule has 2 aliphatic rings. The van der Waals surface area contributed by atoms with E-state index in [0.717, 1.165) is 13.8 Å². The van der Waals surface area contributed by atoms with E-state index < -0.39 is 41.9 Å². The molecule has 0 aliphatic carbocycles. The van der Waals surface area contributed by atoms with Gasteiger partial charge in [-0.1, -0.05) is 12.2 Å². The number of halogens is 4. The van der Waals surface area contributed by atoms with Crippen LogP contribution in [0.15, 0.2) is 80.8 Å². The standard InChI is InChI=1S/C46H73F4N15O4/c1-31(28-34(46(5,49)50)29-37(30-64-24-20-54-21-25-64)60-40(67)11-7-9-19-57-42(52)53)58-43(68)61-35-12-14-36(15-13-35)62-44(69)63-38(16-17-45(4,47)48)41(65-26-22-55-23-27-65)32(2)59-39(66)10-6-8-18-56-33(3)51/h12-16,28-29,31,54-55H,6-11,17-27,30H2,1-5H3,(H2,51,56)(H,59,66)(H,60,67)(H4,52,53,57)(H2,58,61,68)(H2,62,63,69)/b34-28+,37-29+,38-16+,41-32-. The van der Waals surface area contributed by atoms with Crippen molar-refractivity contribution in [3.05, 3.63) is 70.9 Å². The Balaban J connectivity index is 1.72. The third kappa shape index (κ3) is 24.1. The van der Waals surface area contributed by atoms with Crippen LogP contribution >= 0.6 is 0 Å². The number of rotatable bonds is 25. The number of benzene rings is 1. The molecule has 2 saturated heterocycles. The summed E-state index contributed by atoms with van der Waals surface area (Å²) >= 11 is 0. The van der Waals surface area contributed by atoms with Gasteiger partial charge in [0.1, 0.15) is 0 Å². The molecule has 2 heterocycles. The van der Waals surface area contributed by atoms with Crippen molar-refractivity contribution < 1.29 is 36.7 Å². The van der Waals surface area contributed by atoms with E-state index in [2.05, 4.69) is 52.5 Å². The van der Waals surface area contributed by atoms with Gasteiger partial charge in [0.05, 0.1) is 17.2 Å². The van der Waals surface area contributed by atoms with Gasteiger partial charge in [0.15, 0.2) is 5.96 Å². The van der Waals surface area contributed by atoms with E-state index >= 15 is 8.78 Å². The van der Waals surface area contributed by atoms with E-state index in [1.807, 2.05) is 9.80 Å². The molecular formula is C46H73F4N15O4. The summed E-state index contributed by atoms with van der Waals surface area (Å²) in [6.45, 7) is 12.3. The number of nitrogens with zero attached hydrogens (tertiary/aromatic N) is 4. The van der Waals surface area contributed by atoms with Crippen molar-refractivity contribution in [3.63, 3.8) is 0 Å². The van der Waals surface area contributed by atoms with Crippen molar-refractivity contribution in [2.75, 3.05) is 82.6 Å². The number of amidine groups is 1. The predicted octanol–water partition coefficient (Wildman–Crippen LogP) is 3.98. The van der Waals surface area contributed by atoms with Crippen LogP contribution in [0, 0.1) is 0 Å². The number of hydrogen-bond acceptors (Lipinski definition) is 10. The van der Waals surface area contributed by atoms with Gasteiger partial charge in [-0.3, -0.25) is 24.5 Å². The summed E-state index contributed by atoms with van der Waals surface area (Å²) in [7, 11) is 0. The second kappa shape index (κ2) is 29.0. The Labute approximate surface area is 402 Å². The number of carbonyl (C=O) groups is 4. The van der Waals surface area contributed by atoms with E-state index in [-0.39, 0.29) is 54.2 Å². The number of carbonyl (C=O) groups excluding carboxylic acids is 4. The first-order valence-corrected chi connectivity index (χ1v) is 23.2. The van der Waals surface area contributed by atoms with Gasteiger partial charge in [-0.2, -0.15) is 0 Å². The molecule has 14 N–H and O–H groups in total. The predicted molar refractivity (Wildman–Crippen MR) is 264 cm³/mol. The van der Waals surface area contributed by atoms with Crippen molar-refractivity contribution in [2.45, 2.75) is 97.5 Å². The monoisotopic (exact) mass is 976 g/mol. The van der Waals surface area contributed by atoms with Crippen LogP contribution in [0.3, 0.4) is 0 Å². The highest BCUT2D eigenvalue weighted by atomic mass is 19.3. The molecular weight excluding hydrogens is 903 g/mol.